The molecule has 4 aromatic rings. The first-order chi connectivity index (χ1) is 17.6. The molecule has 0 radical (unpaired) electrons. The predicted molar refractivity (Wildman–Crippen MR) is 130 cm³/mol. The van der Waals surface area contributed by atoms with Crippen molar-refractivity contribution >= 4 is 11.1 Å². The molecule has 0 heterocycles. The molecule has 0 atom stereocenters. The molecule has 0 fully saturated rings. The van der Waals surface area contributed by atoms with E-state index in [1.807, 2.05) is 36.8 Å². The van der Waals surface area contributed by atoms with Crippen LogP contribution in [-0.4, -0.2) is 0 Å². The summed E-state index contributed by atoms with van der Waals surface area (Å²) in [7, 11) is 0. The van der Waals surface area contributed by atoms with Crippen molar-refractivity contribution in [3.05, 3.63) is 153 Å². The van der Waals surface area contributed by atoms with Gasteiger partial charge in [-0.15, -0.1) is 0 Å². The van der Waals surface area contributed by atoms with Gasteiger partial charge in [-0.05, 0) is 71.1 Å². The molecule has 2 aliphatic carbocycles. The van der Waals surface area contributed by atoms with Crippen molar-refractivity contribution in [1.29, 1.82) is 0 Å². The minimum atomic E-state index is -4.55. The van der Waals surface area contributed by atoms with Crippen LogP contribution in [0.5, 0.6) is 0 Å². The summed E-state index contributed by atoms with van der Waals surface area (Å²) >= 11 is 0. The Labute approximate surface area is 209 Å². The van der Waals surface area contributed by atoms with Crippen molar-refractivity contribution in [2.45, 2.75) is 18.8 Å². The summed E-state index contributed by atoms with van der Waals surface area (Å²) in [5.41, 5.74) is 7.66. The maximum absolute atomic E-state index is 13.6. The van der Waals surface area contributed by atoms with Gasteiger partial charge in [-0.25, -0.2) is 0 Å². The van der Waals surface area contributed by atoms with Gasteiger partial charge in [-0.1, -0.05) is 36.1 Å². The Balaban J connectivity index is 1.72. The number of alkyl halides is 6. The molecule has 0 amide bonds. The largest absolute Gasteiger partial charge is 0.417 e. The third-order valence-electron chi connectivity index (χ3n) is 6.82. The number of rotatable bonds is 0. The summed E-state index contributed by atoms with van der Waals surface area (Å²) in [6, 6.07) is 21.8. The lowest BCUT2D eigenvalue weighted by atomic mass is 9.78. The highest BCUT2D eigenvalue weighted by atomic mass is 19.4. The molecule has 0 spiro atoms. The molecule has 182 valence electrons. The number of fused-ring (bicyclic) bond motifs is 4. The standard InChI is InChI=1S/C31H17F6/c32-30(33,34)22-11-9-20-13-18-5-1-3-7-24(18)28(26(20)15-22)17-29-25-8-4-2-6-19(25)14-21-10-12-23(16-27(21)29)31(35,36)37/h1-13,15-16H,14H2/q+1. The first-order valence-corrected chi connectivity index (χ1v) is 11.5. The van der Waals surface area contributed by atoms with Gasteiger partial charge in [0.25, 0.3) is 0 Å². The summed E-state index contributed by atoms with van der Waals surface area (Å²) < 4.78 is 81.8. The maximum Gasteiger partial charge on any atom is 0.417 e. The van der Waals surface area contributed by atoms with Gasteiger partial charge in [-0.3, -0.25) is 0 Å². The van der Waals surface area contributed by atoms with Crippen LogP contribution in [0.2, 0.25) is 0 Å². The molecule has 2 aliphatic rings. The van der Waals surface area contributed by atoms with E-state index in [0.717, 1.165) is 35.4 Å². The Kier molecular flexibility index (Phi) is 5.15. The average Bonchev–Trinajstić information content (AvgIpc) is 2.86. The lowest BCUT2D eigenvalue weighted by Crippen LogP contribution is -2.12. The minimum Gasteiger partial charge on any atom is -0.166 e. The molecular formula is C31H17F6+. The van der Waals surface area contributed by atoms with Gasteiger partial charge in [0.1, 0.15) is 5.57 Å². The number of benzene rings is 4. The van der Waals surface area contributed by atoms with Crippen LogP contribution >= 0.6 is 0 Å². The van der Waals surface area contributed by atoms with Crippen molar-refractivity contribution in [3.63, 3.8) is 0 Å². The third-order valence-corrected chi connectivity index (χ3v) is 6.82. The first kappa shape index (κ1) is 23.3. The fourth-order valence-electron chi connectivity index (χ4n) is 5.04. The zero-order valence-electron chi connectivity index (χ0n) is 19.1. The summed E-state index contributed by atoms with van der Waals surface area (Å²) in [4.78, 5) is 0. The van der Waals surface area contributed by atoms with Crippen molar-refractivity contribution in [2.75, 3.05) is 0 Å². The van der Waals surface area contributed by atoms with Crippen molar-refractivity contribution < 1.29 is 26.3 Å². The molecule has 0 saturated heterocycles. The van der Waals surface area contributed by atoms with Crippen LogP contribution in [0.15, 0.2) is 90.7 Å². The topological polar surface area (TPSA) is 0 Å². The van der Waals surface area contributed by atoms with E-state index in [9.17, 15) is 26.3 Å². The molecule has 6 rings (SSSR count). The molecule has 0 saturated carbocycles. The van der Waals surface area contributed by atoms with E-state index >= 15 is 0 Å². The quantitative estimate of drug-likeness (QED) is 0.111. The molecule has 0 bridgehead atoms. The van der Waals surface area contributed by atoms with Crippen LogP contribution in [0.4, 0.5) is 26.3 Å². The second kappa shape index (κ2) is 8.19. The van der Waals surface area contributed by atoms with Crippen molar-refractivity contribution in [3.8, 4) is 0 Å². The molecule has 0 N–H and O–H groups in total. The molecule has 6 heteroatoms. The van der Waals surface area contributed by atoms with E-state index in [2.05, 4.69) is 5.73 Å². The average molecular weight is 503 g/mol. The fraction of sp³-hybridized carbons (Fsp3) is 0.0968. The third kappa shape index (κ3) is 4.04. The smallest absolute Gasteiger partial charge is 0.166 e. The van der Waals surface area contributed by atoms with Crippen molar-refractivity contribution in [2.24, 2.45) is 0 Å². The van der Waals surface area contributed by atoms with Gasteiger partial charge in [0, 0.05) is 24.1 Å². The summed E-state index contributed by atoms with van der Waals surface area (Å²) in [6.07, 6.45) is -6.82. The van der Waals surface area contributed by atoms with E-state index < -0.39 is 23.5 Å². The van der Waals surface area contributed by atoms with Crippen LogP contribution in [0.3, 0.4) is 0 Å². The van der Waals surface area contributed by atoms with Gasteiger partial charge < -0.3 is 0 Å². The number of hydrogen-bond acceptors (Lipinski definition) is 0. The minimum absolute atomic E-state index is 0.331. The van der Waals surface area contributed by atoms with E-state index in [0.29, 0.717) is 50.9 Å². The summed E-state index contributed by atoms with van der Waals surface area (Å²) in [5, 5.41) is 0. The predicted octanol–water partition coefficient (Wildman–Crippen LogP) is 8.70. The fourth-order valence-corrected chi connectivity index (χ4v) is 5.04. The van der Waals surface area contributed by atoms with Gasteiger partial charge in [0.15, 0.2) is 0 Å². The monoisotopic (exact) mass is 503 g/mol. The van der Waals surface area contributed by atoms with E-state index in [1.165, 1.54) is 12.1 Å². The summed E-state index contributed by atoms with van der Waals surface area (Å²) in [6.45, 7) is 0. The Bertz CT molecular complexity index is 1510. The molecule has 4 aromatic carbocycles. The van der Waals surface area contributed by atoms with Crippen molar-refractivity contribution in [1.82, 2.24) is 0 Å². The molecule has 0 nitrogen and oxygen atoms in total. The molecule has 37 heavy (non-hydrogen) atoms. The number of halogens is 6. The van der Waals surface area contributed by atoms with Crippen LogP contribution in [-0.2, 0) is 18.8 Å². The molecular weight excluding hydrogens is 486 g/mol. The zero-order valence-corrected chi connectivity index (χ0v) is 19.1. The first-order valence-electron chi connectivity index (χ1n) is 11.5. The lowest BCUT2D eigenvalue weighted by molar-refractivity contribution is -0.138. The van der Waals surface area contributed by atoms with E-state index in [4.69, 9.17) is 0 Å². The Hall–Kier alpha value is -4.15. The normalized spacial score (nSPS) is 14.1. The second-order valence-corrected chi connectivity index (χ2v) is 9.11. The van der Waals surface area contributed by atoms with Gasteiger partial charge in [-0.2, -0.15) is 26.3 Å². The number of hydrogen-bond donors (Lipinski definition) is 0. The molecule has 0 aromatic heterocycles. The zero-order chi connectivity index (χ0) is 25.9. The van der Waals surface area contributed by atoms with Crippen LogP contribution in [0.25, 0.3) is 11.1 Å². The Morgan fingerprint density at radius 3 is 1.81 bits per heavy atom. The van der Waals surface area contributed by atoms with Gasteiger partial charge in [0.2, 0.25) is 0 Å². The molecule has 0 unspecified atom stereocenters. The van der Waals surface area contributed by atoms with Crippen LogP contribution in [0.1, 0.15) is 55.6 Å². The van der Waals surface area contributed by atoms with Crippen LogP contribution in [0, 0.1) is 6.42 Å². The van der Waals surface area contributed by atoms with Gasteiger partial charge in [0.05, 0.1) is 33.4 Å². The van der Waals surface area contributed by atoms with E-state index in [-0.39, 0.29) is 0 Å². The highest BCUT2D eigenvalue weighted by Gasteiger charge is 2.36. The van der Waals surface area contributed by atoms with Gasteiger partial charge >= 0.3 is 12.4 Å². The second-order valence-electron chi connectivity index (χ2n) is 9.11. The summed E-state index contributed by atoms with van der Waals surface area (Å²) in [5.74, 6) is 0. The highest BCUT2D eigenvalue weighted by molar-refractivity contribution is 5.94. The molecule has 0 aliphatic heterocycles. The van der Waals surface area contributed by atoms with E-state index in [1.54, 1.807) is 18.2 Å². The SMILES string of the molecule is FC(F)(F)c1ccc2c(c1)C(=C=C1c3ccccc3Cc3ccc(C(F)(F)F)cc31)c1ccccc1[CH+]2. The lowest BCUT2D eigenvalue weighted by Gasteiger charge is -2.23. The van der Waals surface area contributed by atoms with Crippen LogP contribution < -0.4 is 0 Å². The Morgan fingerprint density at radius 1 is 0.541 bits per heavy atom. The highest BCUT2D eigenvalue weighted by Crippen LogP contribution is 2.43. The maximum atomic E-state index is 13.6. The Morgan fingerprint density at radius 2 is 1.08 bits per heavy atom.